The molecule has 0 unspecified atom stereocenters. The number of fused-ring (bicyclic) bond motifs is 1. The zero-order valence-corrected chi connectivity index (χ0v) is 15.5. The van der Waals surface area contributed by atoms with Crippen molar-refractivity contribution >= 4 is 17.0 Å². The first-order valence-corrected chi connectivity index (χ1v) is 9.07. The summed E-state index contributed by atoms with van der Waals surface area (Å²) in [7, 11) is 6.14. The Kier molecular flexibility index (Phi) is 4.40. The Labute approximate surface area is 152 Å². The smallest absolute Gasteiger partial charge is 0.203 e. The predicted octanol–water partition coefficient (Wildman–Crippen LogP) is 2.94. The molecule has 26 heavy (non-hydrogen) atoms. The number of aryl methyl sites for hydroxylation is 2. The largest absolute Gasteiger partial charge is 0.355 e. The molecule has 4 rings (SSSR count). The third-order valence-corrected chi connectivity index (χ3v) is 5.55. The standard InChI is InChI=1S/C19H25FN6/c1-24-9-5-6-13(18(24)16-11-21-12-25(16)2)10-22-19-23-17-14(20)7-4-8-15(17)26(19)3/h4,7-8,11-13,18H,5-6,9-10H2,1-3H3,(H,22,23)/t13-,18+/m0/s1. The number of nitrogens with one attached hydrogen (secondary N) is 1. The van der Waals surface area contributed by atoms with Gasteiger partial charge >= 0.3 is 0 Å². The Morgan fingerprint density at radius 3 is 2.85 bits per heavy atom. The molecule has 1 aromatic carbocycles. The summed E-state index contributed by atoms with van der Waals surface area (Å²) in [5, 5.41) is 3.46. The van der Waals surface area contributed by atoms with Crippen LogP contribution in [-0.2, 0) is 14.1 Å². The van der Waals surface area contributed by atoms with Crippen molar-refractivity contribution in [3.63, 3.8) is 0 Å². The van der Waals surface area contributed by atoms with E-state index in [9.17, 15) is 4.39 Å². The number of benzene rings is 1. The van der Waals surface area contributed by atoms with Crippen LogP contribution in [0, 0.1) is 11.7 Å². The molecule has 0 aliphatic carbocycles. The van der Waals surface area contributed by atoms with Crippen LogP contribution in [-0.4, -0.2) is 44.1 Å². The van der Waals surface area contributed by atoms with Crippen LogP contribution in [0.1, 0.15) is 24.6 Å². The van der Waals surface area contributed by atoms with Crippen molar-refractivity contribution in [2.45, 2.75) is 18.9 Å². The second-order valence-corrected chi connectivity index (χ2v) is 7.24. The van der Waals surface area contributed by atoms with E-state index in [0.29, 0.717) is 23.4 Å². The van der Waals surface area contributed by atoms with Gasteiger partial charge in [-0.15, -0.1) is 0 Å². The monoisotopic (exact) mass is 356 g/mol. The van der Waals surface area contributed by atoms with Gasteiger partial charge in [-0.2, -0.15) is 0 Å². The average Bonchev–Trinajstić information content (AvgIpc) is 3.18. The summed E-state index contributed by atoms with van der Waals surface area (Å²) in [5.41, 5.74) is 2.45. The van der Waals surface area contributed by atoms with Crippen molar-refractivity contribution in [2.24, 2.45) is 20.0 Å². The maximum atomic E-state index is 14.0. The molecule has 2 aromatic heterocycles. The maximum Gasteiger partial charge on any atom is 0.203 e. The number of nitrogens with zero attached hydrogens (tertiary/aromatic N) is 5. The fraction of sp³-hybridized carbons (Fsp3) is 0.474. The lowest BCUT2D eigenvalue weighted by molar-refractivity contribution is 0.122. The lowest BCUT2D eigenvalue weighted by atomic mass is 9.87. The number of hydrogen-bond donors (Lipinski definition) is 1. The van der Waals surface area contributed by atoms with E-state index in [1.54, 1.807) is 6.07 Å². The molecule has 7 heteroatoms. The number of piperidine rings is 1. The molecule has 3 aromatic rings. The summed E-state index contributed by atoms with van der Waals surface area (Å²) in [5.74, 6) is 0.868. The summed E-state index contributed by atoms with van der Waals surface area (Å²) in [6, 6.07) is 5.38. The van der Waals surface area contributed by atoms with E-state index in [4.69, 9.17) is 0 Å². The number of hydrogen-bond acceptors (Lipinski definition) is 4. The molecule has 1 fully saturated rings. The minimum atomic E-state index is -0.281. The van der Waals surface area contributed by atoms with E-state index >= 15 is 0 Å². The lowest BCUT2D eigenvalue weighted by Crippen LogP contribution is -2.40. The molecule has 1 aliphatic heterocycles. The van der Waals surface area contributed by atoms with Crippen molar-refractivity contribution in [3.8, 4) is 0 Å². The molecule has 0 bridgehead atoms. The third-order valence-electron chi connectivity index (χ3n) is 5.55. The van der Waals surface area contributed by atoms with Gasteiger partial charge in [-0.3, -0.25) is 4.90 Å². The molecule has 1 aliphatic rings. The van der Waals surface area contributed by atoms with E-state index in [0.717, 1.165) is 25.0 Å². The van der Waals surface area contributed by atoms with E-state index in [1.807, 2.05) is 37.3 Å². The fourth-order valence-electron chi connectivity index (χ4n) is 4.15. The highest BCUT2D eigenvalue weighted by atomic mass is 19.1. The van der Waals surface area contributed by atoms with Crippen molar-refractivity contribution in [1.29, 1.82) is 0 Å². The Bertz CT molecular complexity index is 914. The van der Waals surface area contributed by atoms with E-state index in [1.165, 1.54) is 18.2 Å². The number of imidazole rings is 2. The van der Waals surface area contributed by atoms with Crippen LogP contribution in [0.2, 0.25) is 0 Å². The highest BCUT2D eigenvalue weighted by Gasteiger charge is 2.32. The lowest BCUT2D eigenvalue weighted by Gasteiger charge is -2.39. The van der Waals surface area contributed by atoms with E-state index in [2.05, 4.69) is 31.8 Å². The summed E-state index contributed by atoms with van der Waals surface area (Å²) in [4.78, 5) is 11.2. The van der Waals surface area contributed by atoms with E-state index in [-0.39, 0.29) is 5.82 Å². The normalized spacial score (nSPS) is 21.4. The molecule has 1 saturated heterocycles. The fourth-order valence-corrected chi connectivity index (χ4v) is 4.15. The van der Waals surface area contributed by atoms with Crippen molar-refractivity contribution in [1.82, 2.24) is 24.0 Å². The quantitative estimate of drug-likeness (QED) is 0.781. The van der Waals surface area contributed by atoms with Crippen LogP contribution in [0.25, 0.3) is 11.0 Å². The first kappa shape index (κ1) is 17.0. The van der Waals surface area contributed by atoms with Gasteiger partial charge in [0.25, 0.3) is 0 Å². The second kappa shape index (κ2) is 6.72. The highest BCUT2D eigenvalue weighted by Crippen LogP contribution is 2.35. The first-order chi connectivity index (χ1) is 12.6. The molecule has 2 atom stereocenters. The Hall–Kier alpha value is -2.41. The molecule has 1 N–H and O–H groups in total. The molecule has 138 valence electrons. The summed E-state index contributed by atoms with van der Waals surface area (Å²) in [6.07, 6.45) is 6.14. The molecule has 0 radical (unpaired) electrons. The molecule has 0 amide bonds. The Balaban J connectivity index is 1.57. The first-order valence-electron chi connectivity index (χ1n) is 9.07. The van der Waals surface area contributed by atoms with E-state index < -0.39 is 0 Å². The minimum Gasteiger partial charge on any atom is -0.355 e. The van der Waals surface area contributed by atoms with Crippen LogP contribution in [0.5, 0.6) is 0 Å². The molecular formula is C19H25FN6. The number of likely N-dealkylation sites (tertiary alicyclic amines) is 1. The predicted molar refractivity (Wildman–Crippen MR) is 100 cm³/mol. The summed E-state index contributed by atoms with van der Waals surface area (Å²) in [6.45, 7) is 1.88. The highest BCUT2D eigenvalue weighted by molar-refractivity contribution is 5.79. The van der Waals surface area contributed by atoms with Crippen LogP contribution >= 0.6 is 0 Å². The SMILES string of the molecule is CN1CCC[C@@H](CNc2nc3c(F)cccc3n2C)[C@@H]1c1cncn1C. The third kappa shape index (κ3) is 2.86. The van der Waals surface area contributed by atoms with Gasteiger partial charge in [0.05, 0.1) is 23.6 Å². The molecule has 0 spiro atoms. The second-order valence-electron chi connectivity index (χ2n) is 7.24. The molecular weight excluding hydrogens is 331 g/mol. The maximum absolute atomic E-state index is 14.0. The van der Waals surface area contributed by atoms with Crippen LogP contribution in [0.3, 0.4) is 0 Å². The van der Waals surface area contributed by atoms with Gasteiger partial charge in [0.1, 0.15) is 5.52 Å². The number of rotatable bonds is 4. The topological polar surface area (TPSA) is 50.9 Å². The number of halogens is 1. The number of aromatic nitrogens is 4. The van der Waals surface area contributed by atoms with Crippen LogP contribution in [0.4, 0.5) is 10.3 Å². The molecule has 0 saturated carbocycles. The summed E-state index contributed by atoms with van der Waals surface area (Å²) < 4.78 is 18.0. The van der Waals surface area contributed by atoms with Gasteiger partial charge < -0.3 is 14.5 Å². The van der Waals surface area contributed by atoms with Gasteiger partial charge in [-0.25, -0.2) is 14.4 Å². The molecule has 6 nitrogen and oxygen atoms in total. The van der Waals surface area contributed by atoms with Crippen molar-refractivity contribution in [3.05, 3.63) is 42.2 Å². The van der Waals surface area contributed by atoms with Crippen molar-refractivity contribution < 1.29 is 4.39 Å². The van der Waals surface area contributed by atoms with Gasteiger partial charge in [0.2, 0.25) is 5.95 Å². The zero-order chi connectivity index (χ0) is 18.3. The Morgan fingerprint density at radius 1 is 1.27 bits per heavy atom. The summed E-state index contributed by atoms with van der Waals surface area (Å²) >= 11 is 0. The average molecular weight is 356 g/mol. The number of anilines is 1. The van der Waals surface area contributed by atoms with Gasteiger partial charge in [0, 0.05) is 26.8 Å². The molecule has 3 heterocycles. The van der Waals surface area contributed by atoms with Gasteiger partial charge in [-0.1, -0.05) is 6.07 Å². The minimum absolute atomic E-state index is 0.281. The van der Waals surface area contributed by atoms with Crippen LogP contribution in [0.15, 0.2) is 30.7 Å². The van der Waals surface area contributed by atoms with Crippen molar-refractivity contribution in [2.75, 3.05) is 25.5 Å². The number of para-hydroxylation sites is 1. The van der Waals surface area contributed by atoms with Crippen LogP contribution < -0.4 is 5.32 Å². The Morgan fingerprint density at radius 2 is 2.12 bits per heavy atom. The van der Waals surface area contributed by atoms with Gasteiger partial charge in [-0.05, 0) is 44.5 Å². The zero-order valence-electron chi connectivity index (χ0n) is 15.5. The van der Waals surface area contributed by atoms with Gasteiger partial charge in [0.15, 0.2) is 5.82 Å².